The van der Waals surface area contributed by atoms with Crippen LogP contribution < -0.4 is 0 Å². The lowest BCUT2D eigenvalue weighted by Crippen LogP contribution is -2.58. The largest absolute Gasteiger partial charge is 0.481 e. The molecule has 1 N–H and O–H groups in total. The first-order valence-corrected chi connectivity index (χ1v) is 7.07. The molecule has 0 aromatic heterocycles. The number of carbonyl (C=O) groups is 2. The predicted molar refractivity (Wildman–Crippen MR) is 69.7 cm³/mol. The molecule has 5 nitrogen and oxygen atoms in total. The van der Waals surface area contributed by atoms with Crippen molar-refractivity contribution in [1.29, 1.82) is 0 Å². The fraction of sp³-hybridized carbons (Fsp3) is 0.857. The SMILES string of the molecule is CC1CC(N2C(=O)CC(C)C(C(=O)O)C2C)CCO1. The van der Waals surface area contributed by atoms with E-state index in [1.807, 2.05) is 25.7 Å². The maximum atomic E-state index is 12.3. The molecule has 2 rings (SSSR count). The van der Waals surface area contributed by atoms with E-state index in [1.165, 1.54) is 0 Å². The van der Waals surface area contributed by atoms with Crippen molar-refractivity contribution in [3.8, 4) is 0 Å². The molecule has 2 fully saturated rings. The molecule has 1 amide bonds. The van der Waals surface area contributed by atoms with Crippen LogP contribution in [0.15, 0.2) is 0 Å². The van der Waals surface area contributed by atoms with Gasteiger partial charge in [0.25, 0.3) is 0 Å². The van der Waals surface area contributed by atoms with Crippen LogP contribution in [0.2, 0.25) is 0 Å². The van der Waals surface area contributed by atoms with E-state index in [2.05, 4.69) is 0 Å². The molecule has 0 aromatic rings. The number of hydrogen-bond donors (Lipinski definition) is 1. The van der Waals surface area contributed by atoms with Crippen LogP contribution in [0, 0.1) is 11.8 Å². The van der Waals surface area contributed by atoms with Gasteiger partial charge in [0.05, 0.1) is 12.0 Å². The van der Waals surface area contributed by atoms with Crippen molar-refractivity contribution < 1.29 is 19.4 Å². The zero-order chi connectivity index (χ0) is 14.2. The van der Waals surface area contributed by atoms with E-state index in [4.69, 9.17) is 4.74 Å². The number of carboxylic acids is 1. The molecule has 5 heteroatoms. The summed E-state index contributed by atoms with van der Waals surface area (Å²) in [4.78, 5) is 25.5. The number of likely N-dealkylation sites (tertiary alicyclic amines) is 1. The first kappa shape index (κ1) is 14.3. The molecular formula is C14H23NO4. The highest BCUT2D eigenvalue weighted by Crippen LogP contribution is 2.34. The smallest absolute Gasteiger partial charge is 0.308 e. The van der Waals surface area contributed by atoms with Crippen molar-refractivity contribution in [3.63, 3.8) is 0 Å². The van der Waals surface area contributed by atoms with Gasteiger partial charge in [-0.25, -0.2) is 0 Å². The number of nitrogens with zero attached hydrogens (tertiary/aromatic N) is 1. The lowest BCUT2D eigenvalue weighted by Gasteiger charge is -2.46. The topological polar surface area (TPSA) is 66.8 Å². The fourth-order valence-corrected chi connectivity index (χ4v) is 3.60. The lowest BCUT2D eigenvalue weighted by atomic mass is 9.79. The lowest BCUT2D eigenvalue weighted by molar-refractivity contribution is -0.159. The molecule has 2 aliphatic rings. The minimum Gasteiger partial charge on any atom is -0.481 e. The van der Waals surface area contributed by atoms with Crippen molar-refractivity contribution in [2.45, 2.75) is 58.2 Å². The molecule has 2 aliphatic heterocycles. The van der Waals surface area contributed by atoms with E-state index in [0.29, 0.717) is 13.0 Å². The second kappa shape index (κ2) is 5.49. The summed E-state index contributed by atoms with van der Waals surface area (Å²) in [5.41, 5.74) is 0. The van der Waals surface area contributed by atoms with Gasteiger partial charge in [-0.3, -0.25) is 9.59 Å². The third-order valence-corrected chi connectivity index (χ3v) is 4.49. The monoisotopic (exact) mass is 269 g/mol. The number of rotatable bonds is 2. The summed E-state index contributed by atoms with van der Waals surface area (Å²) < 4.78 is 5.51. The normalized spacial score (nSPS) is 40.3. The number of carboxylic acid groups (broad SMARTS) is 1. The average molecular weight is 269 g/mol. The summed E-state index contributed by atoms with van der Waals surface area (Å²) in [7, 11) is 0. The van der Waals surface area contributed by atoms with Crippen molar-refractivity contribution in [1.82, 2.24) is 4.90 Å². The Morgan fingerprint density at radius 2 is 2.05 bits per heavy atom. The Morgan fingerprint density at radius 3 is 2.63 bits per heavy atom. The molecule has 2 saturated heterocycles. The van der Waals surface area contributed by atoms with E-state index in [9.17, 15) is 14.7 Å². The molecule has 0 bridgehead atoms. The fourth-order valence-electron chi connectivity index (χ4n) is 3.60. The van der Waals surface area contributed by atoms with Crippen molar-refractivity contribution in [2.24, 2.45) is 11.8 Å². The number of piperidine rings is 1. The third-order valence-electron chi connectivity index (χ3n) is 4.49. The van der Waals surface area contributed by atoms with E-state index < -0.39 is 11.9 Å². The Morgan fingerprint density at radius 1 is 1.37 bits per heavy atom. The van der Waals surface area contributed by atoms with E-state index in [1.54, 1.807) is 0 Å². The van der Waals surface area contributed by atoms with E-state index >= 15 is 0 Å². The number of ether oxygens (including phenoxy) is 1. The van der Waals surface area contributed by atoms with E-state index in [-0.39, 0.29) is 30.0 Å². The maximum Gasteiger partial charge on any atom is 0.308 e. The van der Waals surface area contributed by atoms with Gasteiger partial charge in [0, 0.05) is 25.1 Å². The second-order valence-corrected chi connectivity index (χ2v) is 5.95. The first-order chi connectivity index (χ1) is 8.91. The molecule has 5 unspecified atom stereocenters. The summed E-state index contributed by atoms with van der Waals surface area (Å²) in [6, 6.07) is -0.107. The Labute approximate surface area is 113 Å². The predicted octanol–water partition coefficient (Wildman–Crippen LogP) is 1.51. The van der Waals surface area contributed by atoms with Crippen LogP contribution in [0.1, 0.15) is 40.0 Å². The zero-order valence-corrected chi connectivity index (χ0v) is 11.8. The molecule has 0 aromatic carbocycles. The van der Waals surface area contributed by atoms with Crippen LogP contribution in [0.25, 0.3) is 0 Å². The van der Waals surface area contributed by atoms with Gasteiger partial charge >= 0.3 is 5.97 Å². The van der Waals surface area contributed by atoms with Crippen LogP contribution in [0.4, 0.5) is 0 Å². The summed E-state index contributed by atoms with van der Waals surface area (Å²) >= 11 is 0. The molecule has 0 aliphatic carbocycles. The van der Waals surface area contributed by atoms with Gasteiger partial charge in [0.2, 0.25) is 5.91 Å². The van der Waals surface area contributed by atoms with Gasteiger partial charge in [-0.2, -0.15) is 0 Å². The average Bonchev–Trinajstić information content (AvgIpc) is 2.27. The Kier molecular flexibility index (Phi) is 4.13. The van der Waals surface area contributed by atoms with Gasteiger partial charge in [-0.1, -0.05) is 6.92 Å². The van der Waals surface area contributed by atoms with Crippen molar-refractivity contribution in [3.05, 3.63) is 0 Å². The molecule has 19 heavy (non-hydrogen) atoms. The maximum absolute atomic E-state index is 12.3. The molecule has 5 atom stereocenters. The highest BCUT2D eigenvalue weighted by Gasteiger charge is 2.44. The number of hydrogen-bond acceptors (Lipinski definition) is 3. The zero-order valence-electron chi connectivity index (χ0n) is 11.8. The standard InChI is InChI=1S/C14H23NO4/c1-8-6-12(16)15(10(3)13(8)14(17)18)11-4-5-19-9(2)7-11/h8-11,13H,4-7H2,1-3H3,(H,17,18). The molecule has 108 valence electrons. The highest BCUT2D eigenvalue weighted by atomic mass is 16.5. The molecule has 2 heterocycles. The van der Waals surface area contributed by atoms with E-state index in [0.717, 1.165) is 12.8 Å². The van der Waals surface area contributed by atoms with Crippen LogP contribution in [-0.2, 0) is 14.3 Å². The van der Waals surface area contributed by atoms with Gasteiger partial charge < -0.3 is 14.7 Å². The molecule has 0 spiro atoms. The minimum absolute atomic E-state index is 0.0893. The Balaban J connectivity index is 2.18. The number of amides is 1. The van der Waals surface area contributed by atoms with Crippen molar-refractivity contribution >= 4 is 11.9 Å². The molecular weight excluding hydrogens is 246 g/mol. The van der Waals surface area contributed by atoms with Crippen molar-refractivity contribution in [2.75, 3.05) is 6.61 Å². The molecule has 0 saturated carbocycles. The van der Waals surface area contributed by atoms with Crippen LogP contribution in [0.3, 0.4) is 0 Å². The van der Waals surface area contributed by atoms with Gasteiger partial charge in [-0.05, 0) is 32.6 Å². The van der Waals surface area contributed by atoms with Gasteiger partial charge in [-0.15, -0.1) is 0 Å². The number of carbonyl (C=O) groups excluding carboxylic acids is 1. The Hall–Kier alpha value is -1.10. The second-order valence-electron chi connectivity index (χ2n) is 5.95. The first-order valence-electron chi connectivity index (χ1n) is 7.07. The van der Waals surface area contributed by atoms with Gasteiger partial charge in [0.1, 0.15) is 0 Å². The number of aliphatic carboxylic acids is 1. The van der Waals surface area contributed by atoms with Gasteiger partial charge in [0.15, 0.2) is 0 Å². The van der Waals surface area contributed by atoms with Crippen LogP contribution in [-0.4, -0.2) is 46.7 Å². The molecule has 0 radical (unpaired) electrons. The quantitative estimate of drug-likeness (QED) is 0.825. The van der Waals surface area contributed by atoms with Crippen LogP contribution >= 0.6 is 0 Å². The summed E-state index contributed by atoms with van der Waals surface area (Å²) in [6.45, 7) is 6.38. The minimum atomic E-state index is -0.794. The Bertz CT molecular complexity index is 370. The summed E-state index contributed by atoms with van der Waals surface area (Å²) in [5, 5.41) is 9.37. The third kappa shape index (κ3) is 2.76. The summed E-state index contributed by atoms with van der Waals surface area (Å²) in [6.07, 6.45) is 2.09. The highest BCUT2D eigenvalue weighted by molar-refractivity contribution is 5.82. The van der Waals surface area contributed by atoms with Crippen LogP contribution in [0.5, 0.6) is 0 Å². The summed E-state index contributed by atoms with van der Waals surface area (Å²) in [5.74, 6) is -1.25.